The van der Waals surface area contributed by atoms with E-state index in [1.54, 1.807) is 24.3 Å². The van der Waals surface area contributed by atoms with Crippen LogP contribution in [0.2, 0.25) is 0 Å². The second-order valence-electron chi connectivity index (χ2n) is 5.21. The topological polar surface area (TPSA) is 113 Å². The van der Waals surface area contributed by atoms with Crippen molar-refractivity contribution in [1.29, 1.82) is 0 Å². The number of carbonyl (C=O) groups is 1. The second kappa shape index (κ2) is 6.91. The van der Waals surface area contributed by atoms with Crippen molar-refractivity contribution >= 4 is 12.1 Å². The van der Waals surface area contributed by atoms with Gasteiger partial charge in [-0.05, 0) is 42.8 Å². The molecule has 0 bridgehead atoms. The maximum Gasteiger partial charge on any atom is 0.291 e. The number of aromatic nitrogens is 2. The first-order valence-corrected chi connectivity index (χ1v) is 7.39. The summed E-state index contributed by atoms with van der Waals surface area (Å²) in [6.45, 7) is 1.83. The largest absolute Gasteiger partial charge is 0.504 e. The van der Waals surface area contributed by atoms with Crippen LogP contribution in [0.4, 0.5) is 0 Å². The first-order valence-electron chi connectivity index (χ1n) is 7.39. The molecule has 25 heavy (non-hydrogen) atoms. The van der Waals surface area contributed by atoms with Gasteiger partial charge in [-0.25, -0.2) is 5.43 Å². The van der Waals surface area contributed by atoms with Crippen LogP contribution in [0.1, 0.15) is 21.8 Å². The Balaban J connectivity index is 1.66. The number of furan rings is 1. The van der Waals surface area contributed by atoms with Crippen LogP contribution in [0.5, 0.6) is 11.5 Å². The minimum atomic E-state index is -0.465. The Hall–Kier alpha value is -3.55. The molecule has 8 heteroatoms. The summed E-state index contributed by atoms with van der Waals surface area (Å²) in [5.74, 6) is 1.25. The molecule has 0 aliphatic carbocycles. The van der Waals surface area contributed by atoms with Gasteiger partial charge < -0.3 is 14.3 Å². The van der Waals surface area contributed by atoms with Crippen LogP contribution in [0.3, 0.4) is 0 Å². The lowest BCUT2D eigenvalue weighted by atomic mass is 10.2. The number of hydrogen-bond acceptors (Lipinski definition) is 6. The van der Waals surface area contributed by atoms with Crippen LogP contribution in [0.15, 0.2) is 45.9 Å². The quantitative estimate of drug-likeness (QED) is 0.488. The number of H-pyrrole nitrogens is 1. The molecule has 1 amide bonds. The number of rotatable bonds is 5. The number of nitrogens with zero attached hydrogens (tertiary/aromatic N) is 2. The third kappa shape index (κ3) is 3.69. The summed E-state index contributed by atoms with van der Waals surface area (Å²) in [6, 6.07) is 9.91. The minimum absolute atomic E-state index is 0.0286. The summed E-state index contributed by atoms with van der Waals surface area (Å²) in [7, 11) is 1.45. The van der Waals surface area contributed by atoms with Gasteiger partial charge in [0.15, 0.2) is 23.0 Å². The third-order valence-electron chi connectivity index (χ3n) is 3.40. The number of aromatic amines is 1. The lowest BCUT2D eigenvalue weighted by Crippen LogP contribution is -2.18. The van der Waals surface area contributed by atoms with Crippen molar-refractivity contribution in [2.45, 2.75) is 6.92 Å². The molecule has 2 heterocycles. The number of aryl methyl sites for hydroxylation is 1. The van der Waals surface area contributed by atoms with Crippen molar-refractivity contribution in [2.24, 2.45) is 5.10 Å². The Kier molecular flexibility index (Phi) is 4.51. The molecular weight excluding hydrogens is 324 g/mol. The lowest BCUT2D eigenvalue weighted by Gasteiger charge is -2.03. The predicted octanol–water partition coefficient (Wildman–Crippen LogP) is 2.46. The van der Waals surface area contributed by atoms with Gasteiger partial charge in [-0.1, -0.05) is 0 Å². The number of hydrazone groups is 1. The van der Waals surface area contributed by atoms with E-state index in [9.17, 15) is 9.90 Å². The number of aromatic hydroxyl groups is 1. The number of carbonyl (C=O) groups excluding carboxylic acids is 1. The van der Waals surface area contributed by atoms with Gasteiger partial charge in [0.2, 0.25) is 0 Å². The van der Waals surface area contributed by atoms with Gasteiger partial charge in [0.1, 0.15) is 11.5 Å². The number of amides is 1. The van der Waals surface area contributed by atoms with E-state index >= 15 is 0 Å². The van der Waals surface area contributed by atoms with Crippen molar-refractivity contribution in [3.8, 4) is 23.0 Å². The van der Waals surface area contributed by atoms with Crippen molar-refractivity contribution in [2.75, 3.05) is 7.11 Å². The van der Waals surface area contributed by atoms with E-state index < -0.39 is 5.91 Å². The molecule has 0 saturated heterocycles. The number of ether oxygens (including phenoxy) is 1. The van der Waals surface area contributed by atoms with E-state index in [2.05, 4.69) is 20.7 Å². The lowest BCUT2D eigenvalue weighted by molar-refractivity contribution is 0.0950. The van der Waals surface area contributed by atoms with Gasteiger partial charge in [-0.2, -0.15) is 10.2 Å². The van der Waals surface area contributed by atoms with Gasteiger partial charge in [0.05, 0.1) is 13.3 Å². The fraction of sp³-hybridized carbons (Fsp3) is 0.118. The zero-order valence-corrected chi connectivity index (χ0v) is 13.6. The fourth-order valence-electron chi connectivity index (χ4n) is 2.14. The van der Waals surface area contributed by atoms with Crippen molar-refractivity contribution in [3.63, 3.8) is 0 Å². The highest BCUT2D eigenvalue weighted by Crippen LogP contribution is 2.25. The molecular formula is C17H16N4O4. The molecule has 3 aromatic rings. The maximum atomic E-state index is 12.1. The molecule has 0 aliphatic heterocycles. The summed E-state index contributed by atoms with van der Waals surface area (Å²) in [5, 5.41) is 20.1. The van der Waals surface area contributed by atoms with Gasteiger partial charge >= 0.3 is 0 Å². The minimum Gasteiger partial charge on any atom is -0.504 e. The molecule has 2 aromatic heterocycles. The summed E-state index contributed by atoms with van der Waals surface area (Å²) in [4.78, 5) is 12.1. The Labute approximate surface area is 143 Å². The molecule has 1 aromatic carbocycles. The van der Waals surface area contributed by atoms with E-state index in [0.717, 1.165) is 5.76 Å². The highest BCUT2D eigenvalue weighted by molar-refractivity contribution is 5.94. The summed E-state index contributed by atoms with van der Waals surface area (Å²) >= 11 is 0. The van der Waals surface area contributed by atoms with Crippen LogP contribution >= 0.6 is 0 Å². The molecule has 0 radical (unpaired) electrons. The summed E-state index contributed by atoms with van der Waals surface area (Å²) in [6.07, 6.45) is 1.43. The number of benzene rings is 1. The van der Waals surface area contributed by atoms with Crippen LogP contribution in [-0.2, 0) is 0 Å². The Morgan fingerprint density at radius 1 is 1.36 bits per heavy atom. The molecule has 0 aliphatic rings. The Bertz CT molecular complexity index is 926. The SMILES string of the molecule is COc1cc(/C=N\NC(=O)c2cc(-c3ccc(C)o3)[nH]n2)ccc1O. The molecule has 8 nitrogen and oxygen atoms in total. The van der Waals surface area contributed by atoms with Gasteiger partial charge in [0.25, 0.3) is 5.91 Å². The van der Waals surface area contributed by atoms with E-state index in [0.29, 0.717) is 22.8 Å². The van der Waals surface area contributed by atoms with Gasteiger partial charge in [-0.3, -0.25) is 9.89 Å². The second-order valence-corrected chi connectivity index (χ2v) is 5.21. The maximum absolute atomic E-state index is 12.1. The first kappa shape index (κ1) is 16.3. The zero-order valence-electron chi connectivity index (χ0n) is 13.6. The van der Waals surface area contributed by atoms with Crippen molar-refractivity contribution in [3.05, 3.63) is 53.4 Å². The Morgan fingerprint density at radius 2 is 2.20 bits per heavy atom. The van der Waals surface area contributed by atoms with E-state index in [1.165, 1.54) is 19.4 Å². The number of nitrogens with one attached hydrogen (secondary N) is 2. The van der Waals surface area contributed by atoms with Crippen LogP contribution in [-0.4, -0.2) is 34.5 Å². The molecule has 0 saturated carbocycles. The van der Waals surface area contributed by atoms with E-state index in [4.69, 9.17) is 9.15 Å². The molecule has 0 fully saturated rings. The zero-order chi connectivity index (χ0) is 17.8. The highest BCUT2D eigenvalue weighted by Gasteiger charge is 2.12. The first-order chi connectivity index (χ1) is 12.1. The number of methoxy groups -OCH3 is 1. The van der Waals surface area contributed by atoms with Crippen molar-refractivity contribution in [1.82, 2.24) is 15.6 Å². The molecule has 0 unspecified atom stereocenters. The monoisotopic (exact) mass is 340 g/mol. The van der Waals surface area contributed by atoms with Crippen LogP contribution < -0.4 is 10.2 Å². The van der Waals surface area contributed by atoms with Gasteiger partial charge in [0, 0.05) is 6.07 Å². The Morgan fingerprint density at radius 3 is 2.92 bits per heavy atom. The van der Waals surface area contributed by atoms with Crippen LogP contribution in [0.25, 0.3) is 11.5 Å². The normalized spacial score (nSPS) is 11.0. The molecule has 3 N–H and O–H groups in total. The van der Waals surface area contributed by atoms with E-state index in [1.807, 2.05) is 13.0 Å². The predicted molar refractivity (Wildman–Crippen MR) is 90.7 cm³/mol. The standard InChI is InChI=1S/C17H16N4O4/c1-10-3-6-15(25-10)12-8-13(20-19-12)17(23)21-18-9-11-4-5-14(22)16(7-11)24-2/h3-9,22H,1-2H3,(H,19,20)(H,21,23)/b18-9-. The number of phenols is 1. The average Bonchev–Trinajstić information content (AvgIpc) is 3.25. The molecule has 0 spiro atoms. The summed E-state index contributed by atoms with van der Waals surface area (Å²) < 4.78 is 10.5. The van der Waals surface area contributed by atoms with Crippen LogP contribution in [0, 0.1) is 6.92 Å². The van der Waals surface area contributed by atoms with E-state index in [-0.39, 0.29) is 11.4 Å². The average molecular weight is 340 g/mol. The molecule has 3 rings (SSSR count). The molecule has 0 atom stereocenters. The molecule has 128 valence electrons. The number of hydrogen-bond donors (Lipinski definition) is 3. The summed E-state index contributed by atoms with van der Waals surface area (Å²) in [5.41, 5.74) is 3.83. The smallest absolute Gasteiger partial charge is 0.291 e. The number of phenolic OH excluding ortho intramolecular Hbond substituents is 1. The fourth-order valence-corrected chi connectivity index (χ4v) is 2.14. The van der Waals surface area contributed by atoms with Crippen molar-refractivity contribution < 1.29 is 19.1 Å². The van der Waals surface area contributed by atoms with Gasteiger partial charge in [-0.15, -0.1) is 0 Å². The third-order valence-corrected chi connectivity index (χ3v) is 3.40. The highest BCUT2D eigenvalue weighted by atomic mass is 16.5.